The number of hydrogen-bond donors (Lipinski definition) is 2. The molecule has 0 spiro atoms. The predicted octanol–water partition coefficient (Wildman–Crippen LogP) is 11.4. The molecule has 1 unspecified atom stereocenters. The molecular formula is C42H40Cl3NO5S. The SMILES string of the molecule is Cc1cc(NC(=O)C(Cc2ccc(C(=O)CCCS(=O)(=O)O)cc2)c2ccc(-c3ccc(C(C)(C)C)cc3)cc2)ccc1-c1ccc(Cl)c(Cl)c1Cl. The van der Waals surface area contributed by atoms with Gasteiger partial charge in [-0.15, -0.1) is 0 Å². The molecular weight excluding hydrogens is 737 g/mol. The zero-order valence-electron chi connectivity index (χ0n) is 29.3. The minimum Gasteiger partial charge on any atom is -0.326 e. The number of benzene rings is 5. The molecule has 0 aliphatic heterocycles. The summed E-state index contributed by atoms with van der Waals surface area (Å²) in [6.45, 7) is 8.48. The lowest BCUT2D eigenvalue weighted by atomic mass is 9.86. The molecule has 0 saturated carbocycles. The third kappa shape index (κ3) is 9.91. The van der Waals surface area contributed by atoms with Gasteiger partial charge >= 0.3 is 0 Å². The molecule has 2 N–H and O–H groups in total. The van der Waals surface area contributed by atoms with Gasteiger partial charge in [0.1, 0.15) is 0 Å². The van der Waals surface area contributed by atoms with E-state index >= 15 is 0 Å². The van der Waals surface area contributed by atoms with Crippen LogP contribution in [0.15, 0.2) is 103 Å². The van der Waals surface area contributed by atoms with Crippen molar-refractivity contribution in [3.63, 3.8) is 0 Å². The summed E-state index contributed by atoms with van der Waals surface area (Å²) in [6.07, 6.45) is 0.378. The van der Waals surface area contributed by atoms with Crippen molar-refractivity contribution >= 4 is 62.3 Å². The van der Waals surface area contributed by atoms with E-state index in [4.69, 9.17) is 39.4 Å². The lowest BCUT2D eigenvalue weighted by Gasteiger charge is -2.20. The van der Waals surface area contributed by atoms with E-state index in [2.05, 4.69) is 50.4 Å². The van der Waals surface area contributed by atoms with Crippen molar-refractivity contribution in [3.8, 4) is 22.3 Å². The molecule has 0 aromatic heterocycles. The number of halogens is 3. The maximum Gasteiger partial charge on any atom is 0.264 e. The van der Waals surface area contributed by atoms with E-state index in [9.17, 15) is 18.0 Å². The first-order valence-corrected chi connectivity index (χ1v) is 19.6. The third-order valence-corrected chi connectivity index (χ3v) is 11.2. The van der Waals surface area contributed by atoms with Gasteiger partial charge in [-0.25, -0.2) is 0 Å². The van der Waals surface area contributed by atoms with Gasteiger partial charge in [-0.3, -0.25) is 14.1 Å². The summed E-state index contributed by atoms with van der Waals surface area (Å²) in [5, 5.41) is 4.11. The number of hydrogen-bond acceptors (Lipinski definition) is 4. The summed E-state index contributed by atoms with van der Waals surface area (Å²) in [5.74, 6) is -1.47. The van der Waals surface area contributed by atoms with Crippen molar-refractivity contribution in [2.75, 3.05) is 11.1 Å². The standard InChI is InChI=1S/C42H40Cl3NO5S/c1-26-24-33(19-20-34(26)35-21-22-37(43)40(45)39(35)44)46-41(48)36(25-27-7-9-31(10-8-27)38(47)6-5-23-52(49,50)51)30-13-11-28(12-14-30)29-15-17-32(18-16-29)42(2,3)4/h7-22,24,36H,5-6,23,25H2,1-4H3,(H,46,48)(H,49,50,51). The van der Waals surface area contributed by atoms with Gasteiger partial charge in [0.25, 0.3) is 10.1 Å². The summed E-state index contributed by atoms with van der Waals surface area (Å²) < 4.78 is 31.1. The fourth-order valence-corrected chi connectivity index (χ4v) is 7.21. The van der Waals surface area contributed by atoms with Crippen molar-refractivity contribution in [2.24, 2.45) is 0 Å². The van der Waals surface area contributed by atoms with Crippen molar-refractivity contribution < 1.29 is 22.6 Å². The fourth-order valence-electron chi connectivity index (χ4n) is 6.06. The van der Waals surface area contributed by atoms with Crippen LogP contribution >= 0.6 is 34.8 Å². The largest absolute Gasteiger partial charge is 0.326 e. The second-order valence-corrected chi connectivity index (χ2v) is 16.7. The fraction of sp³-hybridized carbons (Fsp3) is 0.238. The molecule has 1 atom stereocenters. The van der Waals surface area contributed by atoms with Crippen LogP contribution < -0.4 is 5.32 Å². The lowest BCUT2D eigenvalue weighted by molar-refractivity contribution is -0.117. The highest BCUT2D eigenvalue weighted by molar-refractivity contribution is 7.85. The first-order chi connectivity index (χ1) is 24.5. The Morgan fingerprint density at radius 3 is 1.94 bits per heavy atom. The molecule has 52 heavy (non-hydrogen) atoms. The lowest BCUT2D eigenvalue weighted by Crippen LogP contribution is -2.23. The average molecular weight is 777 g/mol. The summed E-state index contributed by atoms with van der Waals surface area (Å²) in [7, 11) is -4.13. The molecule has 0 saturated heterocycles. The second kappa shape index (κ2) is 16.4. The molecule has 5 rings (SSSR count). The maximum absolute atomic E-state index is 14.1. The molecule has 0 radical (unpaired) electrons. The molecule has 1 amide bonds. The number of nitrogens with one attached hydrogen (secondary N) is 1. The number of carbonyl (C=O) groups is 2. The van der Waals surface area contributed by atoms with Gasteiger partial charge < -0.3 is 5.32 Å². The Kier molecular flexibility index (Phi) is 12.3. The van der Waals surface area contributed by atoms with Crippen LogP contribution in [0, 0.1) is 6.92 Å². The van der Waals surface area contributed by atoms with Gasteiger partial charge in [0.15, 0.2) is 5.78 Å². The van der Waals surface area contributed by atoms with Crippen molar-refractivity contribution in [1.82, 2.24) is 0 Å². The summed E-state index contributed by atoms with van der Waals surface area (Å²) in [4.78, 5) is 26.7. The van der Waals surface area contributed by atoms with Crippen LogP contribution in [0.1, 0.15) is 72.1 Å². The molecule has 0 aliphatic rings. The normalized spacial score (nSPS) is 12.4. The van der Waals surface area contributed by atoms with Crippen molar-refractivity contribution in [2.45, 2.75) is 58.3 Å². The van der Waals surface area contributed by atoms with E-state index in [0.29, 0.717) is 27.7 Å². The van der Waals surface area contributed by atoms with Crippen LogP contribution in [-0.4, -0.2) is 30.4 Å². The van der Waals surface area contributed by atoms with Crippen LogP contribution in [-0.2, 0) is 26.7 Å². The minimum absolute atomic E-state index is 0.00901. The first kappa shape index (κ1) is 39.2. The third-order valence-electron chi connectivity index (χ3n) is 9.05. The zero-order chi connectivity index (χ0) is 37.8. The van der Waals surface area contributed by atoms with E-state index in [1.54, 1.807) is 30.3 Å². The topological polar surface area (TPSA) is 101 Å². The molecule has 5 aromatic carbocycles. The van der Waals surface area contributed by atoms with E-state index in [1.807, 2.05) is 55.5 Å². The summed E-state index contributed by atoms with van der Waals surface area (Å²) in [6, 6.07) is 32.6. The molecule has 0 fully saturated rings. The highest BCUT2D eigenvalue weighted by Gasteiger charge is 2.23. The monoisotopic (exact) mass is 775 g/mol. The van der Waals surface area contributed by atoms with Crippen LogP contribution in [0.3, 0.4) is 0 Å². The highest BCUT2D eigenvalue weighted by atomic mass is 35.5. The number of amides is 1. The number of carbonyl (C=O) groups excluding carboxylic acids is 2. The van der Waals surface area contributed by atoms with E-state index in [-0.39, 0.29) is 35.0 Å². The molecule has 6 nitrogen and oxygen atoms in total. The summed E-state index contributed by atoms with van der Waals surface area (Å²) >= 11 is 19.0. The first-order valence-electron chi connectivity index (χ1n) is 16.8. The Balaban J connectivity index is 1.40. The molecule has 5 aromatic rings. The van der Waals surface area contributed by atoms with Gasteiger partial charge in [0, 0.05) is 23.2 Å². The molecule has 270 valence electrons. The maximum atomic E-state index is 14.1. The second-order valence-electron chi connectivity index (χ2n) is 14.0. The van der Waals surface area contributed by atoms with Gasteiger partial charge in [-0.2, -0.15) is 8.42 Å². The number of aryl methyl sites for hydroxylation is 1. The smallest absolute Gasteiger partial charge is 0.264 e. The number of rotatable bonds is 12. The van der Waals surface area contributed by atoms with Crippen LogP contribution in [0.2, 0.25) is 15.1 Å². The average Bonchev–Trinajstić information content (AvgIpc) is 3.09. The number of anilines is 1. The van der Waals surface area contributed by atoms with Crippen LogP contribution in [0.25, 0.3) is 22.3 Å². The Morgan fingerprint density at radius 1 is 0.769 bits per heavy atom. The van der Waals surface area contributed by atoms with Crippen molar-refractivity contribution in [1.29, 1.82) is 0 Å². The predicted molar refractivity (Wildman–Crippen MR) is 214 cm³/mol. The van der Waals surface area contributed by atoms with Crippen LogP contribution in [0.5, 0.6) is 0 Å². The zero-order valence-corrected chi connectivity index (χ0v) is 32.4. The van der Waals surface area contributed by atoms with E-state index < -0.39 is 21.8 Å². The number of Topliss-reactive ketones (excluding diaryl/α,β-unsaturated/α-hetero) is 1. The minimum atomic E-state index is -4.13. The molecule has 0 aliphatic carbocycles. The van der Waals surface area contributed by atoms with E-state index in [0.717, 1.165) is 38.9 Å². The van der Waals surface area contributed by atoms with Gasteiger partial charge in [-0.1, -0.05) is 141 Å². The van der Waals surface area contributed by atoms with Crippen molar-refractivity contribution in [3.05, 3.63) is 146 Å². The number of ketones is 1. The van der Waals surface area contributed by atoms with Crippen LogP contribution in [0.4, 0.5) is 5.69 Å². The highest BCUT2D eigenvalue weighted by Crippen LogP contribution is 2.40. The Bertz CT molecular complexity index is 2190. The molecule has 0 heterocycles. The van der Waals surface area contributed by atoms with Gasteiger partial charge in [0.05, 0.1) is 26.7 Å². The molecule has 10 heteroatoms. The van der Waals surface area contributed by atoms with Gasteiger partial charge in [-0.05, 0) is 82.3 Å². The Morgan fingerprint density at radius 2 is 1.37 bits per heavy atom. The molecule has 0 bridgehead atoms. The Labute approximate surface area is 320 Å². The Hall–Kier alpha value is -3.98. The summed E-state index contributed by atoms with van der Waals surface area (Å²) in [5.41, 5.74) is 8.61. The quantitative estimate of drug-likeness (QED) is 0.0746. The van der Waals surface area contributed by atoms with Gasteiger partial charge in [0.2, 0.25) is 5.91 Å². The van der Waals surface area contributed by atoms with E-state index in [1.165, 1.54) is 5.56 Å².